The van der Waals surface area contributed by atoms with Crippen LogP contribution in [0.15, 0.2) is 46.9 Å². The van der Waals surface area contributed by atoms with Gasteiger partial charge in [0.2, 0.25) is 0 Å². The molecule has 0 unspecified atom stereocenters. The fraction of sp³-hybridized carbons (Fsp3) is 0.133. The molecule has 0 saturated carbocycles. The van der Waals surface area contributed by atoms with Crippen molar-refractivity contribution in [3.63, 3.8) is 0 Å². The second-order valence-corrected chi connectivity index (χ2v) is 5.25. The number of aryl methyl sites for hydroxylation is 1. The summed E-state index contributed by atoms with van der Waals surface area (Å²) in [6.45, 7) is 4.01. The number of amides is 2. The molecule has 0 aliphatic rings. The Morgan fingerprint density at radius 2 is 1.79 bits per heavy atom. The molecule has 2 N–H and O–H groups in total. The molecule has 3 nitrogen and oxygen atoms in total. The number of urea groups is 1. The normalized spacial score (nSPS) is 10.1. The summed E-state index contributed by atoms with van der Waals surface area (Å²) in [5, 5.41) is 5.65. The van der Waals surface area contributed by atoms with E-state index in [-0.39, 0.29) is 6.03 Å². The zero-order chi connectivity index (χ0) is 13.8. The lowest BCUT2D eigenvalue weighted by atomic mass is 10.1. The number of carbonyl (C=O) groups is 1. The number of carbonyl (C=O) groups excluding carboxylic acids is 1. The quantitative estimate of drug-likeness (QED) is 0.827. The van der Waals surface area contributed by atoms with Crippen LogP contribution in [0.25, 0.3) is 0 Å². The zero-order valence-corrected chi connectivity index (χ0v) is 12.4. The van der Waals surface area contributed by atoms with E-state index in [0.717, 1.165) is 27.0 Å². The van der Waals surface area contributed by atoms with E-state index < -0.39 is 0 Å². The summed E-state index contributed by atoms with van der Waals surface area (Å²) >= 11 is 3.37. The Hall–Kier alpha value is -1.81. The first-order valence-corrected chi connectivity index (χ1v) is 6.75. The van der Waals surface area contributed by atoms with E-state index in [1.807, 2.05) is 56.3 Å². The van der Waals surface area contributed by atoms with Crippen molar-refractivity contribution in [3.8, 4) is 0 Å². The van der Waals surface area contributed by atoms with Crippen LogP contribution < -0.4 is 10.6 Å². The van der Waals surface area contributed by atoms with Gasteiger partial charge in [-0.1, -0.05) is 34.1 Å². The smallest absolute Gasteiger partial charge is 0.308 e. The van der Waals surface area contributed by atoms with Gasteiger partial charge in [0.25, 0.3) is 0 Å². The Morgan fingerprint density at radius 1 is 1.05 bits per heavy atom. The average Bonchev–Trinajstić information content (AvgIpc) is 2.35. The van der Waals surface area contributed by atoms with E-state index in [0.29, 0.717) is 0 Å². The summed E-state index contributed by atoms with van der Waals surface area (Å²) in [4.78, 5) is 11.9. The minimum absolute atomic E-state index is 0.244. The molecule has 0 radical (unpaired) electrons. The summed E-state index contributed by atoms with van der Waals surface area (Å²) in [5.74, 6) is 0. The highest BCUT2D eigenvalue weighted by atomic mass is 79.9. The van der Waals surface area contributed by atoms with E-state index in [4.69, 9.17) is 0 Å². The highest BCUT2D eigenvalue weighted by Crippen LogP contribution is 2.19. The molecular weight excluding hydrogens is 304 g/mol. The lowest BCUT2D eigenvalue weighted by molar-refractivity contribution is 0.262. The Balaban J connectivity index is 2.08. The molecule has 2 aromatic carbocycles. The van der Waals surface area contributed by atoms with Gasteiger partial charge in [0.1, 0.15) is 0 Å². The minimum Gasteiger partial charge on any atom is -0.308 e. The summed E-state index contributed by atoms with van der Waals surface area (Å²) in [7, 11) is 0. The molecule has 2 aromatic rings. The van der Waals surface area contributed by atoms with E-state index >= 15 is 0 Å². The van der Waals surface area contributed by atoms with Gasteiger partial charge in [0.15, 0.2) is 0 Å². The molecule has 2 rings (SSSR count). The fourth-order valence-corrected chi connectivity index (χ4v) is 2.14. The van der Waals surface area contributed by atoms with E-state index in [9.17, 15) is 4.79 Å². The largest absolute Gasteiger partial charge is 0.323 e. The topological polar surface area (TPSA) is 41.1 Å². The van der Waals surface area contributed by atoms with Gasteiger partial charge in [0, 0.05) is 15.8 Å². The Bertz CT molecular complexity index is 611. The molecule has 0 aliphatic carbocycles. The monoisotopic (exact) mass is 318 g/mol. The highest BCUT2D eigenvalue weighted by molar-refractivity contribution is 9.10. The average molecular weight is 319 g/mol. The van der Waals surface area contributed by atoms with Crippen LogP contribution in [0.2, 0.25) is 0 Å². The van der Waals surface area contributed by atoms with Crippen LogP contribution in [0, 0.1) is 13.8 Å². The first kappa shape index (κ1) is 13.6. The van der Waals surface area contributed by atoms with Gasteiger partial charge in [-0.25, -0.2) is 4.79 Å². The molecule has 98 valence electrons. The van der Waals surface area contributed by atoms with Crippen LogP contribution in [0.5, 0.6) is 0 Å². The van der Waals surface area contributed by atoms with Crippen molar-refractivity contribution in [3.05, 3.63) is 58.1 Å². The number of benzene rings is 2. The molecule has 0 spiro atoms. The SMILES string of the molecule is Cc1cccc(NC(=O)Nc2cccc(Br)c2)c1C. The van der Waals surface area contributed by atoms with Crippen molar-refractivity contribution in [2.75, 3.05) is 10.6 Å². The predicted octanol–water partition coefficient (Wildman–Crippen LogP) is 4.71. The predicted molar refractivity (Wildman–Crippen MR) is 82.7 cm³/mol. The van der Waals surface area contributed by atoms with Gasteiger partial charge in [0.05, 0.1) is 0 Å². The summed E-state index contributed by atoms with van der Waals surface area (Å²) in [6.07, 6.45) is 0. The summed E-state index contributed by atoms with van der Waals surface area (Å²) in [6, 6.07) is 13.1. The molecule has 0 saturated heterocycles. The maximum Gasteiger partial charge on any atom is 0.323 e. The highest BCUT2D eigenvalue weighted by Gasteiger charge is 2.06. The van der Waals surface area contributed by atoms with Gasteiger partial charge in [-0.05, 0) is 49.2 Å². The van der Waals surface area contributed by atoms with Gasteiger partial charge < -0.3 is 10.6 Å². The van der Waals surface area contributed by atoms with Crippen LogP contribution in [-0.2, 0) is 0 Å². The number of nitrogens with one attached hydrogen (secondary N) is 2. The Kier molecular flexibility index (Phi) is 4.22. The van der Waals surface area contributed by atoms with Crippen molar-refractivity contribution < 1.29 is 4.79 Å². The van der Waals surface area contributed by atoms with Gasteiger partial charge >= 0.3 is 6.03 Å². The number of hydrogen-bond donors (Lipinski definition) is 2. The van der Waals surface area contributed by atoms with Crippen LogP contribution in [-0.4, -0.2) is 6.03 Å². The van der Waals surface area contributed by atoms with Crippen molar-refractivity contribution in [2.24, 2.45) is 0 Å². The van der Waals surface area contributed by atoms with Crippen LogP contribution in [0.1, 0.15) is 11.1 Å². The van der Waals surface area contributed by atoms with Crippen LogP contribution >= 0.6 is 15.9 Å². The third kappa shape index (κ3) is 3.58. The fourth-order valence-electron chi connectivity index (χ4n) is 1.74. The van der Waals surface area contributed by atoms with E-state index in [1.165, 1.54) is 0 Å². The Morgan fingerprint density at radius 3 is 2.53 bits per heavy atom. The molecule has 19 heavy (non-hydrogen) atoms. The molecular formula is C15H15BrN2O. The molecule has 0 bridgehead atoms. The van der Waals surface area contributed by atoms with Crippen LogP contribution in [0.4, 0.5) is 16.2 Å². The molecule has 0 heterocycles. The molecule has 4 heteroatoms. The van der Waals surface area contributed by atoms with E-state index in [1.54, 1.807) is 0 Å². The van der Waals surface area contributed by atoms with E-state index in [2.05, 4.69) is 26.6 Å². The molecule has 0 aliphatic heterocycles. The zero-order valence-electron chi connectivity index (χ0n) is 10.8. The third-order valence-corrected chi connectivity index (χ3v) is 3.43. The molecule has 0 aromatic heterocycles. The maximum absolute atomic E-state index is 11.9. The molecule has 2 amide bonds. The lowest BCUT2D eigenvalue weighted by Crippen LogP contribution is -2.20. The summed E-state index contributed by atoms with van der Waals surface area (Å²) < 4.78 is 0.928. The van der Waals surface area contributed by atoms with Crippen LogP contribution in [0.3, 0.4) is 0 Å². The maximum atomic E-state index is 11.9. The molecule has 0 atom stereocenters. The standard InChI is InChI=1S/C15H15BrN2O/c1-10-5-3-8-14(11(10)2)18-15(19)17-13-7-4-6-12(16)9-13/h3-9H,1-2H3,(H2,17,18,19). The second-order valence-electron chi connectivity index (χ2n) is 4.34. The number of rotatable bonds is 2. The number of anilines is 2. The van der Waals surface area contributed by atoms with Gasteiger partial charge in [-0.3, -0.25) is 0 Å². The first-order valence-electron chi connectivity index (χ1n) is 5.96. The number of hydrogen-bond acceptors (Lipinski definition) is 1. The second kappa shape index (κ2) is 5.89. The summed E-state index contributed by atoms with van der Waals surface area (Å²) in [5.41, 5.74) is 3.80. The van der Waals surface area contributed by atoms with Crippen molar-refractivity contribution in [1.82, 2.24) is 0 Å². The number of halogens is 1. The minimum atomic E-state index is -0.244. The van der Waals surface area contributed by atoms with Gasteiger partial charge in [-0.15, -0.1) is 0 Å². The Labute approximate surface area is 121 Å². The first-order chi connectivity index (χ1) is 9.06. The van der Waals surface area contributed by atoms with Crippen molar-refractivity contribution in [2.45, 2.75) is 13.8 Å². The van der Waals surface area contributed by atoms with Crippen molar-refractivity contribution >= 4 is 33.3 Å². The van der Waals surface area contributed by atoms with Gasteiger partial charge in [-0.2, -0.15) is 0 Å². The molecule has 0 fully saturated rings. The van der Waals surface area contributed by atoms with Crippen molar-refractivity contribution in [1.29, 1.82) is 0 Å². The lowest BCUT2D eigenvalue weighted by Gasteiger charge is -2.11. The third-order valence-electron chi connectivity index (χ3n) is 2.94.